The van der Waals surface area contributed by atoms with Crippen LogP contribution in [0.15, 0.2) is 59.2 Å². The van der Waals surface area contributed by atoms with Crippen LogP contribution in [0.3, 0.4) is 0 Å². The Kier molecular flexibility index (Phi) is 4.72. The lowest BCUT2D eigenvalue weighted by atomic mass is 9.88. The van der Waals surface area contributed by atoms with E-state index < -0.39 is 6.10 Å². The maximum atomic E-state index is 10.2. The molecular weight excluding hydrogens is 314 g/mol. The van der Waals surface area contributed by atoms with Gasteiger partial charge in [0, 0.05) is 12.6 Å². The number of aliphatic hydroxyl groups excluding tert-OH is 1. The van der Waals surface area contributed by atoms with E-state index in [0.29, 0.717) is 12.6 Å². The van der Waals surface area contributed by atoms with Crippen LogP contribution in [0.2, 0.25) is 0 Å². The number of ether oxygens (including phenoxy) is 1. The SMILES string of the molecule is OC(CNC1CCc2ccccc2C1)COc1cccc2occc12. The highest BCUT2D eigenvalue weighted by atomic mass is 16.5. The van der Waals surface area contributed by atoms with Crippen molar-refractivity contribution >= 4 is 11.0 Å². The number of hydrogen-bond acceptors (Lipinski definition) is 4. The van der Waals surface area contributed by atoms with Crippen LogP contribution in [0, 0.1) is 0 Å². The molecule has 0 saturated carbocycles. The van der Waals surface area contributed by atoms with Crippen molar-refractivity contribution in [2.45, 2.75) is 31.4 Å². The summed E-state index contributed by atoms with van der Waals surface area (Å²) >= 11 is 0. The van der Waals surface area contributed by atoms with Crippen molar-refractivity contribution in [3.05, 3.63) is 65.9 Å². The number of aryl methyl sites for hydroxylation is 1. The van der Waals surface area contributed by atoms with Gasteiger partial charge >= 0.3 is 0 Å². The van der Waals surface area contributed by atoms with Crippen LogP contribution in [-0.4, -0.2) is 30.4 Å². The van der Waals surface area contributed by atoms with Gasteiger partial charge < -0.3 is 19.6 Å². The van der Waals surface area contributed by atoms with Gasteiger partial charge in [0.1, 0.15) is 24.0 Å². The fraction of sp³-hybridized carbons (Fsp3) is 0.333. The molecule has 0 radical (unpaired) electrons. The van der Waals surface area contributed by atoms with Crippen molar-refractivity contribution in [2.24, 2.45) is 0 Å². The van der Waals surface area contributed by atoms with E-state index in [4.69, 9.17) is 9.15 Å². The standard InChI is InChI=1S/C21H23NO3/c23-18(14-25-21-7-3-6-20-19(21)10-11-24-20)13-22-17-9-8-15-4-1-2-5-16(15)12-17/h1-7,10-11,17-18,22-23H,8-9,12-14H2. The summed E-state index contributed by atoms with van der Waals surface area (Å²) in [5.74, 6) is 0.747. The van der Waals surface area contributed by atoms with Crippen LogP contribution in [0.1, 0.15) is 17.5 Å². The molecule has 25 heavy (non-hydrogen) atoms. The van der Waals surface area contributed by atoms with E-state index in [1.165, 1.54) is 11.1 Å². The third-order valence-corrected chi connectivity index (χ3v) is 4.88. The highest BCUT2D eigenvalue weighted by molar-refractivity contribution is 5.83. The maximum Gasteiger partial charge on any atom is 0.137 e. The number of benzene rings is 2. The smallest absolute Gasteiger partial charge is 0.137 e. The van der Waals surface area contributed by atoms with Crippen molar-refractivity contribution in [1.82, 2.24) is 5.32 Å². The molecule has 0 spiro atoms. The Morgan fingerprint density at radius 1 is 1.12 bits per heavy atom. The lowest BCUT2D eigenvalue weighted by molar-refractivity contribution is 0.104. The van der Waals surface area contributed by atoms with Crippen molar-refractivity contribution in [1.29, 1.82) is 0 Å². The highest BCUT2D eigenvalue weighted by Crippen LogP contribution is 2.26. The van der Waals surface area contributed by atoms with Crippen LogP contribution in [0.25, 0.3) is 11.0 Å². The zero-order valence-electron chi connectivity index (χ0n) is 14.2. The fourth-order valence-corrected chi connectivity index (χ4v) is 3.51. The van der Waals surface area contributed by atoms with Crippen molar-refractivity contribution in [3.63, 3.8) is 0 Å². The molecule has 2 aromatic carbocycles. The average molecular weight is 337 g/mol. The first-order chi connectivity index (χ1) is 12.3. The molecule has 1 aliphatic carbocycles. The van der Waals surface area contributed by atoms with Gasteiger partial charge in [-0.3, -0.25) is 0 Å². The van der Waals surface area contributed by atoms with Gasteiger partial charge in [-0.05, 0) is 48.6 Å². The monoisotopic (exact) mass is 337 g/mol. The predicted molar refractivity (Wildman–Crippen MR) is 98.0 cm³/mol. The van der Waals surface area contributed by atoms with E-state index in [-0.39, 0.29) is 6.61 Å². The van der Waals surface area contributed by atoms with E-state index in [1.807, 2.05) is 24.3 Å². The Labute approximate surface area is 147 Å². The van der Waals surface area contributed by atoms with Gasteiger partial charge in [-0.2, -0.15) is 0 Å². The molecule has 4 nitrogen and oxygen atoms in total. The van der Waals surface area contributed by atoms with Crippen molar-refractivity contribution in [3.8, 4) is 5.75 Å². The molecule has 2 N–H and O–H groups in total. The molecule has 1 heterocycles. The van der Waals surface area contributed by atoms with Gasteiger partial charge in [-0.15, -0.1) is 0 Å². The summed E-state index contributed by atoms with van der Waals surface area (Å²) < 4.78 is 11.2. The molecule has 1 aromatic heterocycles. The van der Waals surface area contributed by atoms with Gasteiger partial charge in [0.25, 0.3) is 0 Å². The number of fused-ring (bicyclic) bond motifs is 2. The Balaban J connectivity index is 1.27. The highest BCUT2D eigenvalue weighted by Gasteiger charge is 2.18. The number of hydrogen-bond donors (Lipinski definition) is 2. The summed E-state index contributed by atoms with van der Waals surface area (Å²) in [6.07, 6.45) is 4.34. The van der Waals surface area contributed by atoms with Gasteiger partial charge in [-0.25, -0.2) is 0 Å². The summed E-state index contributed by atoms with van der Waals surface area (Å²) in [6, 6.07) is 16.6. The van der Waals surface area contributed by atoms with Crippen LogP contribution in [0.4, 0.5) is 0 Å². The average Bonchev–Trinajstić information content (AvgIpc) is 3.14. The summed E-state index contributed by atoms with van der Waals surface area (Å²) in [6.45, 7) is 0.800. The quantitative estimate of drug-likeness (QED) is 0.724. The van der Waals surface area contributed by atoms with Crippen molar-refractivity contribution < 1.29 is 14.3 Å². The van der Waals surface area contributed by atoms with Gasteiger partial charge in [-0.1, -0.05) is 30.3 Å². The topological polar surface area (TPSA) is 54.6 Å². The minimum atomic E-state index is -0.542. The summed E-state index contributed by atoms with van der Waals surface area (Å²) in [7, 11) is 0. The van der Waals surface area contributed by atoms with Crippen LogP contribution >= 0.6 is 0 Å². The molecule has 3 aromatic rings. The normalized spacial score (nSPS) is 18.0. The third kappa shape index (κ3) is 3.70. The summed E-state index contributed by atoms with van der Waals surface area (Å²) in [4.78, 5) is 0. The van der Waals surface area contributed by atoms with Crippen LogP contribution < -0.4 is 10.1 Å². The number of rotatable bonds is 6. The minimum Gasteiger partial charge on any atom is -0.490 e. The molecule has 1 aliphatic rings. The summed E-state index contributed by atoms with van der Waals surface area (Å²) in [5.41, 5.74) is 3.67. The largest absolute Gasteiger partial charge is 0.490 e. The Morgan fingerprint density at radius 2 is 2.00 bits per heavy atom. The second-order valence-electron chi connectivity index (χ2n) is 6.67. The van der Waals surface area contributed by atoms with E-state index in [9.17, 15) is 5.11 Å². The number of furan rings is 1. The van der Waals surface area contributed by atoms with E-state index in [0.717, 1.165) is 36.0 Å². The zero-order valence-corrected chi connectivity index (χ0v) is 14.2. The molecule has 2 unspecified atom stereocenters. The molecule has 4 heteroatoms. The van der Waals surface area contributed by atoms with Crippen molar-refractivity contribution in [2.75, 3.05) is 13.2 Å². The summed E-state index contributed by atoms with van der Waals surface area (Å²) in [5, 5.41) is 14.7. The Morgan fingerprint density at radius 3 is 2.92 bits per heavy atom. The molecule has 130 valence electrons. The number of nitrogens with one attached hydrogen (secondary N) is 1. The van der Waals surface area contributed by atoms with Crippen LogP contribution in [0.5, 0.6) is 5.75 Å². The maximum absolute atomic E-state index is 10.2. The van der Waals surface area contributed by atoms with Gasteiger partial charge in [0.2, 0.25) is 0 Å². The molecule has 0 bridgehead atoms. The molecule has 0 amide bonds. The molecule has 0 fully saturated rings. The van der Waals surface area contributed by atoms with E-state index in [2.05, 4.69) is 29.6 Å². The van der Waals surface area contributed by atoms with E-state index >= 15 is 0 Å². The molecule has 4 rings (SSSR count). The lowest BCUT2D eigenvalue weighted by Gasteiger charge is -2.26. The first kappa shape index (κ1) is 16.2. The Hall–Kier alpha value is -2.30. The van der Waals surface area contributed by atoms with Crippen LogP contribution in [-0.2, 0) is 12.8 Å². The van der Waals surface area contributed by atoms with Gasteiger partial charge in [0.15, 0.2) is 0 Å². The Bertz CT molecular complexity index is 842. The molecule has 2 atom stereocenters. The minimum absolute atomic E-state index is 0.264. The lowest BCUT2D eigenvalue weighted by Crippen LogP contribution is -2.40. The second-order valence-corrected chi connectivity index (χ2v) is 6.67. The second kappa shape index (κ2) is 7.30. The zero-order chi connectivity index (χ0) is 17.1. The predicted octanol–water partition coefficient (Wildman–Crippen LogP) is 3.32. The molecular formula is C21H23NO3. The first-order valence-electron chi connectivity index (χ1n) is 8.87. The first-order valence-corrected chi connectivity index (χ1v) is 8.87. The molecule has 0 aliphatic heterocycles. The third-order valence-electron chi connectivity index (χ3n) is 4.88. The van der Waals surface area contributed by atoms with E-state index in [1.54, 1.807) is 6.26 Å². The van der Waals surface area contributed by atoms with Gasteiger partial charge in [0.05, 0.1) is 11.6 Å². The molecule has 0 saturated heterocycles. The fourth-order valence-electron chi connectivity index (χ4n) is 3.51. The number of aliphatic hydroxyl groups is 1.